The van der Waals surface area contributed by atoms with Gasteiger partial charge in [0.25, 0.3) is 11.6 Å². The molecule has 0 bridgehead atoms. The number of nitrogens with zero attached hydrogens (tertiary/aromatic N) is 3. The number of aromatic nitrogens is 2. The summed E-state index contributed by atoms with van der Waals surface area (Å²) in [6, 6.07) is 10.5. The molecule has 1 unspecified atom stereocenters. The Labute approximate surface area is 148 Å². The zero-order valence-corrected chi connectivity index (χ0v) is 13.8. The normalized spacial score (nSPS) is 11.8. The molecule has 1 heterocycles. The Balaban J connectivity index is 1.96. The van der Waals surface area contributed by atoms with Gasteiger partial charge in [0, 0.05) is 37.1 Å². The second-order valence-electron chi connectivity index (χ2n) is 5.67. The van der Waals surface area contributed by atoms with E-state index in [0.717, 1.165) is 0 Å². The van der Waals surface area contributed by atoms with Crippen molar-refractivity contribution in [2.24, 2.45) is 7.05 Å². The van der Waals surface area contributed by atoms with Crippen molar-refractivity contribution in [1.29, 1.82) is 0 Å². The lowest BCUT2D eigenvalue weighted by atomic mass is 10.0. The number of halogens is 1. The molecule has 0 aliphatic carbocycles. The van der Waals surface area contributed by atoms with Crippen LogP contribution in [-0.2, 0) is 7.05 Å². The highest BCUT2D eigenvalue weighted by molar-refractivity contribution is 5.95. The first-order valence-corrected chi connectivity index (χ1v) is 7.73. The number of nitrogens with one attached hydrogen (secondary N) is 1. The standard InChI is InChI=1S/C18H15FN4O3/c1-22-9-8-20-17(22)16(12-4-2-6-14(19)10-12)21-18(24)13-5-3-7-15(11-13)23(25)26/h2-11,16H,1H3,(H,21,24). The first-order valence-electron chi connectivity index (χ1n) is 7.73. The first kappa shape index (κ1) is 17.3. The fourth-order valence-electron chi connectivity index (χ4n) is 2.61. The molecule has 0 spiro atoms. The molecule has 0 saturated carbocycles. The van der Waals surface area contributed by atoms with E-state index in [1.54, 1.807) is 36.1 Å². The Morgan fingerprint density at radius 2 is 2.04 bits per heavy atom. The van der Waals surface area contributed by atoms with E-state index in [2.05, 4.69) is 10.3 Å². The predicted octanol–water partition coefficient (Wildman–Crippen LogP) is 2.99. The number of rotatable bonds is 5. The van der Waals surface area contributed by atoms with E-state index in [0.29, 0.717) is 11.4 Å². The third-order valence-corrected chi connectivity index (χ3v) is 3.89. The second kappa shape index (κ2) is 7.14. The summed E-state index contributed by atoms with van der Waals surface area (Å²) in [7, 11) is 1.76. The van der Waals surface area contributed by atoms with Crippen molar-refractivity contribution in [2.75, 3.05) is 0 Å². The number of carbonyl (C=O) groups is 1. The summed E-state index contributed by atoms with van der Waals surface area (Å²) in [5, 5.41) is 13.7. The Morgan fingerprint density at radius 1 is 1.27 bits per heavy atom. The molecular weight excluding hydrogens is 339 g/mol. The van der Waals surface area contributed by atoms with Crippen LogP contribution in [0, 0.1) is 15.9 Å². The van der Waals surface area contributed by atoms with Gasteiger partial charge in [0.05, 0.1) is 4.92 Å². The average Bonchev–Trinajstić information content (AvgIpc) is 3.05. The summed E-state index contributed by atoms with van der Waals surface area (Å²) in [4.78, 5) is 27.2. The van der Waals surface area contributed by atoms with Gasteiger partial charge < -0.3 is 9.88 Å². The van der Waals surface area contributed by atoms with Crippen LogP contribution in [0.25, 0.3) is 0 Å². The number of carbonyl (C=O) groups excluding carboxylic acids is 1. The number of hydrogen-bond acceptors (Lipinski definition) is 4. The van der Waals surface area contributed by atoms with Crippen molar-refractivity contribution in [3.63, 3.8) is 0 Å². The summed E-state index contributed by atoms with van der Waals surface area (Å²) in [5.74, 6) is -0.452. The van der Waals surface area contributed by atoms with Gasteiger partial charge in [-0.15, -0.1) is 0 Å². The van der Waals surface area contributed by atoms with Crippen LogP contribution < -0.4 is 5.32 Å². The fraction of sp³-hybridized carbons (Fsp3) is 0.111. The third-order valence-electron chi connectivity index (χ3n) is 3.89. The van der Waals surface area contributed by atoms with Crippen LogP contribution in [0.1, 0.15) is 27.8 Å². The fourth-order valence-corrected chi connectivity index (χ4v) is 2.61. The number of benzene rings is 2. The molecule has 1 atom stereocenters. The molecule has 1 amide bonds. The average molecular weight is 354 g/mol. The van der Waals surface area contributed by atoms with Crippen LogP contribution in [0.2, 0.25) is 0 Å². The molecule has 3 rings (SSSR count). The van der Waals surface area contributed by atoms with Crippen LogP contribution >= 0.6 is 0 Å². The monoisotopic (exact) mass is 354 g/mol. The smallest absolute Gasteiger partial charge is 0.270 e. The van der Waals surface area contributed by atoms with E-state index in [4.69, 9.17) is 0 Å². The van der Waals surface area contributed by atoms with E-state index in [-0.39, 0.29) is 11.3 Å². The zero-order chi connectivity index (χ0) is 18.7. The van der Waals surface area contributed by atoms with Crippen LogP contribution in [0.5, 0.6) is 0 Å². The van der Waals surface area contributed by atoms with Gasteiger partial charge in [0.15, 0.2) is 0 Å². The summed E-state index contributed by atoms with van der Waals surface area (Å²) in [5.41, 5.74) is 0.463. The van der Waals surface area contributed by atoms with Gasteiger partial charge in [-0.25, -0.2) is 9.37 Å². The molecule has 7 nitrogen and oxygen atoms in total. The molecule has 0 aliphatic heterocycles. The third kappa shape index (κ3) is 3.59. The number of nitro groups is 1. The van der Waals surface area contributed by atoms with Crippen LogP contribution in [-0.4, -0.2) is 20.4 Å². The van der Waals surface area contributed by atoms with Crippen LogP contribution in [0.4, 0.5) is 10.1 Å². The van der Waals surface area contributed by atoms with Gasteiger partial charge in [0.2, 0.25) is 0 Å². The van der Waals surface area contributed by atoms with Crippen molar-refractivity contribution in [3.8, 4) is 0 Å². The summed E-state index contributed by atoms with van der Waals surface area (Å²) >= 11 is 0. The molecule has 2 aromatic carbocycles. The molecule has 3 aromatic rings. The molecule has 0 fully saturated rings. The van der Waals surface area contributed by atoms with Crippen LogP contribution in [0.3, 0.4) is 0 Å². The predicted molar refractivity (Wildman–Crippen MR) is 92.0 cm³/mol. The number of non-ortho nitro benzene ring substituents is 1. The highest BCUT2D eigenvalue weighted by Gasteiger charge is 2.22. The van der Waals surface area contributed by atoms with E-state index in [1.165, 1.54) is 36.4 Å². The zero-order valence-electron chi connectivity index (χ0n) is 13.8. The Bertz CT molecular complexity index is 970. The number of amides is 1. The quantitative estimate of drug-likeness (QED) is 0.563. The highest BCUT2D eigenvalue weighted by atomic mass is 19.1. The molecule has 0 radical (unpaired) electrons. The summed E-state index contributed by atoms with van der Waals surface area (Å²) in [6.45, 7) is 0. The lowest BCUT2D eigenvalue weighted by Gasteiger charge is -2.19. The van der Waals surface area contributed by atoms with Crippen molar-refractivity contribution >= 4 is 11.6 Å². The molecule has 0 aliphatic rings. The lowest BCUT2D eigenvalue weighted by Crippen LogP contribution is -2.31. The summed E-state index contributed by atoms with van der Waals surface area (Å²) < 4.78 is 15.4. The van der Waals surface area contributed by atoms with E-state index >= 15 is 0 Å². The second-order valence-corrected chi connectivity index (χ2v) is 5.67. The molecule has 1 N–H and O–H groups in total. The lowest BCUT2D eigenvalue weighted by molar-refractivity contribution is -0.384. The van der Waals surface area contributed by atoms with Gasteiger partial charge in [-0.05, 0) is 23.8 Å². The van der Waals surface area contributed by atoms with Gasteiger partial charge in [-0.3, -0.25) is 14.9 Å². The van der Waals surface area contributed by atoms with Crippen molar-refractivity contribution in [1.82, 2.24) is 14.9 Å². The van der Waals surface area contributed by atoms with E-state index < -0.39 is 22.7 Å². The summed E-state index contributed by atoms with van der Waals surface area (Å²) in [6.07, 6.45) is 3.28. The van der Waals surface area contributed by atoms with Crippen molar-refractivity contribution in [3.05, 3.63) is 93.8 Å². The van der Waals surface area contributed by atoms with E-state index in [1.807, 2.05) is 0 Å². The number of aryl methyl sites for hydroxylation is 1. The van der Waals surface area contributed by atoms with Crippen LogP contribution in [0.15, 0.2) is 60.9 Å². The van der Waals surface area contributed by atoms with Gasteiger partial charge in [0.1, 0.15) is 17.7 Å². The minimum absolute atomic E-state index is 0.134. The minimum atomic E-state index is -0.711. The number of nitro benzene ring substituents is 1. The van der Waals surface area contributed by atoms with E-state index in [9.17, 15) is 19.3 Å². The first-order chi connectivity index (χ1) is 12.5. The Hall–Kier alpha value is -3.55. The molecule has 132 valence electrons. The largest absolute Gasteiger partial charge is 0.338 e. The van der Waals surface area contributed by atoms with Crippen molar-refractivity contribution in [2.45, 2.75) is 6.04 Å². The molecule has 8 heteroatoms. The van der Waals surface area contributed by atoms with Crippen molar-refractivity contribution < 1.29 is 14.1 Å². The maximum atomic E-state index is 13.7. The topological polar surface area (TPSA) is 90.1 Å². The number of hydrogen-bond donors (Lipinski definition) is 1. The maximum absolute atomic E-state index is 13.7. The van der Waals surface area contributed by atoms with Gasteiger partial charge in [-0.2, -0.15) is 0 Å². The van der Waals surface area contributed by atoms with Gasteiger partial charge in [-0.1, -0.05) is 18.2 Å². The Morgan fingerprint density at radius 3 is 2.69 bits per heavy atom. The molecule has 26 heavy (non-hydrogen) atoms. The Kier molecular flexibility index (Phi) is 4.74. The molecule has 1 aromatic heterocycles. The SMILES string of the molecule is Cn1ccnc1C(NC(=O)c1cccc([N+](=O)[O-])c1)c1cccc(F)c1. The molecular formula is C18H15FN4O3. The van der Waals surface area contributed by atoms with Gasteiger partial charge >= 0.3 is 0 Å². The minimum Gasteiger partial charge on any atom is -0.338 e. The molecule has 0 saturated heterocycles. The highest BCUT2D eigenvalue weighted by Crippen LogP contribution is 2.22. The number of imidazole rings is 1. The maximum Gasteiger partial charge on any atom is 0.270 e.